The zero-order chi connectivity index (χ0) is 24.6. The molecule has 6 nitrogen and oxygen atoms in total. The Kier molecular flexibility index (Phi) is 6.26. The maximum Gasteiger partial charge on any atom is 0.308 e. The molecule has 1 aliphatic rings. The Morgan fingerprint density at radius 2 is 1.62 bits per heavy atom. The number of Topliss-reactive ketones (excluding diaryl/α,β-unsaturated/α-hetero) is 1. The average molecular weight is 476 g/mol. The molecule has 0 bridgehead atoms. The second kappa shape index (κ2) is 9.15. The van der Waals surface area contributed by atoms with Gasteiger partial charge in [0.1, 0.15) is 11.5 Å². The van der Waals surface area contributed by atoms with Gasteiger partial charge < -0.3 is 9.84 Å². The number of aliphatic hydroxyl groups is 1. The minimum atomic E-state index is -0.938. The number of amides is 1. The van der Waals surface area contributed by atoms with Crippen molar-refractivity contribution in [3.05, 3.63) is 99.6 Å². The number of anilines is 1. The molecule has 1 saturated heterocycles. The molecule has 1 heterocycles. The fraction of sp³-hybridized carbons (Fsp3) is 0.148. The summed E-state index contributed by atoms with van der Waals surface area (Å²) < 4.78 is 5.22. The van der Waals surface area contributed by atoms with Crippen LogP contribution in [-0.2, 0) is 14.4 Å². The smallest absolute Gasteiger partial charge is 0.308 e. The summed E-state index contributed by atoms with van der Waals surface area (Å²) in [6.45, 7) is 5.09. The molecule has 1 atom stereocenters. The van der Waals surface area contributed by atoms with E-state index in [4.69, 9.17) is 16.3 Å². The lowest BCUT2D eigenvalue weighted by Gasteiger charge is -2.26. The Hall–Kier alpha value is -3.90. The highest BCUT2D eigenvalue weighted by Crippen LogP contribution is 2.43. The summed E-state index contributed by atoms with van der Waals surface area (Å²) in [5.74, 6) is -2.12. The first-order valence-corrected chi connectivity index (χ1v) is 11.0. The molecule has 0 aliphatic carbocycles. The number of aliphatic hydroxyl groups excluding tert-OH is 1. The molecule has 1 fully saturated rings. The number of esters is 1. The standard InChI is InChI=1S/C27H22ClNO5/c1-15-11-16(2)13-21(12-15)29-24(19-5-4-6-22(14-19)34-17(3)30)23(26(32)27(29)33)25(31)18-7-9-20(28)10-8-18/h4-14,24,31H,1-3H3/b25-23+. The number of ketones is 1. The van der Waals surface area contributed by atoms with Crippen LogP contribution in [0.25, 0.3) is 5.76 Å². The summed E-state index contributed by atoms with van der Waals surface area (Å²) in [7, 11) is 0. The van der Waals surface area contributed by atoms with Gasteiger partial charge >= 0.3 is 5.97 Å². The molecule has 1 amide bonds. The van der Waals surface area contributed by atoms with Crippen molar-refractivity contribution in [1.29, 1.82) is 0 Å². The van der Waals surface area contributed by atoms with E-state index in [0.717, 1.165) is 11.1 Å². The van der Waals surface area contributed by atoms with Crippen molar-refractivity contribution >= 4 is 40.7 Å². The van der Waals surface area contributed by atoms with Gasteiger partial charge in [-0.05, 0) is 79.1 Å². The first kappa shape index (κ1) is 23.3. The van der Waals surface area contributed by atoms with Crippen molar-refractivity contribution in [3.8, 4) is 5.75 Å². The largest absolute Gasteiger partial charge is 0.507 e. The third-order valence-corrected chi connectivity index (χ3v) is 5.73. The number of aryl methyl sites for hydroxylation is 2. The number of ether oxygens (including phenoxy) is 1. The van der Waals surface area contributed by atoms with Crippen LogP contribution in [-0.4, -0.2) is 22.8 Å². The molecular formula is C27H22ClNO5. The number of halogens is 1. The molecule has 1 aliphatic heterocycles. The first-order valence-electron chi connectivity index (χ1n) is 10.6. The van der Waals surface area contributed by atoms with Gasteiger partial charge in [-0.1, -0.05) is 29.8 Å². The predicted octanol–water partition coefficient (Wildman–Crippen LogP) is 5.51. The van der Waals surface area contributed by atoms with Gasteiger partial charge in [0, 0.05) is 23.2 Å². The summed E-state index contributed by atoms with van der Waals surface area (Å²) >= 11 is 5.98. The third kappa shape index (κ3) is 4.45. The lowest BCUT2D eigenvalue weighted by Crippen LogP contribution is -2.29. The van der Waals surface area contributed by atoms with Gasteiger partial charge in [-0.3, -0.25) is 19.3 Å². The molecule has 34 heavy (non-hydrogen) atoms. The Labute approximate surface area is 202 Å². The fourth-order valence-corrected chi connectivity index (χ4v) is 4.31. The van der Waals surface area contributed by atoms with Gasteiger partial charge in [-0.2, -0.15) is 0 Å². The number of hydrogen-bond donors (Lipinski definition) is 1. The minimum Gasteiger partial charge on any atom is -0.507 e. The van der Waals surface area contributed by atoms with Crippen LogP contribution in [0.15, 0.2) is 72.3 Å². The molecule has 0 radical (unpaired) electrons. The normalized spacial score (nSPS) is 17.2. The number of carbonyl (C=O) groups is 3. The summed E-state index contributed by atoms with van der Waals surface area (Å²) in [6, 6.07) is 17.5. The zero-order valence-corrected chi connectivity index (χ0v) is 19.6. The number of carbonyl (C=O) groups excluding carboxylic acids is 3. The molecule has 1 N–H and O–H groups in total. The van der Waals surface area contributed by atoms with Crippen LogP contribution in [0.5, 0.6) is 5.75 Å². The van der Waals surface area contributed by atoms with E-state index in [1.807, 2.05) is 32.0 Å². The van der Waals surface area contributed by atoms with E-state index in [1.54, 1.807) is 48.5 Å². The van der Waals surface area contributed by atoms with Crippen LogP contribution in [0.1, 0.15) is 35.2 Å². The van der Waals surface area contributed by atoms with E-state index in [-0.39, 0.29) is 17.1 Å². The van der Waals surface area contributed by atoms with Gasteiger partial charge in [-0.15, -0.1) is 0 Å². The van der Waals surface area contributed by atoms with Crippen LogP contribution in [0.4, 0.5) is 5.69 Å². The predicted molar refractivity (Wildman–Crippen MR) is 130 cm³/mol. The van der Waals surface area contributed by atoms with E-state index < -0.39 is 23.7 Å². The fourth-order valence-electron chi connectivity index (χ4n) is 4.18. The lowest BCUT2D eigenvalue weighted by molar-refractivity contribution is -0.132. The second-order valence-electron chi connectivity index (χ2n) is 8.19. The molecule has 172 valence electrons. The van der Waals surface area contributed by atoms with Gasteiger partial charge in [0.15, 0.2) is 0 Å². The third-order valence-electron chi connectivity index (χ3n) is 5.48. The molecule has 0 aromatic heterocycles. The Bertz CT molecular complexity index is 1320. The molecular weight excluding hydrogens is 454 g/mol. The van der Waals surface area contributed by atoms with Crippen LogP contribution in [0, 0.1) is 13.8 Å². The zero-order valence-electron chi connectivity index (χ0n) is 18.8. The van der Waals surface area contributed by atoms with E-state index in [2.05, 4.69) is 0 Å². The highest BCUT2D eigenvalue weighted by atomic mass is 35.5. The number of rotatable bonds is 4. The van der Waals surface area contributed by atoms with E-state index >= 15 is 0 Å². The topological polar surface area (TPSA) is 83.9 Å². The van der Waals surface area contributed by atoms with E-state index in [0.29, 0.717) is 21.8 Å². The Balaban J connectivity index is 1.96. The van der Waals surface area contributed by atoms with Crippen molar-refractivity contribution in [1.82, 2.24) is 0 Å². The molecule has 4 rings (SSSR count). The van der Waals surface area contributed by atoms with Crippen molar-refractivity contribution in [2.24, 2.45) is 0 Å². The average Bonchev–Trinajstić information content (AvgIpc) is 3.03. The van der Waals surface area contributed by atoms with E-state index in [1.165, 1.54) is 11.8 Å². The lowest BCUT2D eigenvalue weighted by atomic mass is 9.95. The quantitative estimate of drug-likeness (QED) is 0.177. The SMILES string of the molecule is CC(=O)Oc1cccc(C2/C(=C(\O)c3ccc(Cl)cc3)C(=O)C(=O)N2c2cc(C)cc(C)c2)c1. The summed E-state index contributed by atoms with van der Waals surface area (Å²) in [6.07, 6.45) is 0. The monoisotopic (exact) mass is 475 g/mol. The number of hydrogen-bond acceptors (Lipinski definition) is 5. The summed E-state index contributed by atoms with van der Waals surface area (Å²) in [4.78, 5) is 39.4. The van der Waals surface area contributed by atoms with Crippen molar-refractivity contribution in [2.75, 3.05) is 4.90 Å². The highest BCUT2D eigenvalue weighted by Gasteiger charge is 2.47. The van der Waals surface area contributed by atoms with Crippen LogP contribution in [0.2, 0.25) is 5.02 Å². The van der Waals surface area contributed by atoms with Crippen molar-refractivity contribution < 1.29 is 24.2 Å². The van der Waals surface area contributed by atoms with Crippen molar-refractivity contribution in [3.63, 3.8) is 0 Å². The maximum atomic E-state index is 13.3. The summed E-state index contributed by atoms with van der Waals surface area (Å²) in [5, 5.41) is 11.6. The van der Waals surface area contributed by atoms with Crippen molar-refractivity contribution in [2.45, 2.75) is 26.8 Å². The molecule has 1 unspecified atom stereocenters. The molecule has 3 aromatic rings. The molecule has 0 spiro atoms. The minimum absolute atomic E-state index is 0.0635. The molecule has 7 heteroatoms. The maximum absolute atomic E-state index is 13.3. The molecule has 0 saturated carbocycles. The van der Waals surface area contributed by atoms with Gasteiger partial charge in [-0.25, -0.2) is 0 Å². The highest BCUT2D eigenvalue weighted by molar-refractivity contribution is 6.51. The van der Waals surface area contributed by atoms with Crippen LogP contribution in [0.3, 0.4) is 0 Å². The van der Waals surface area contributed by atoms with Gasteiger partial charge in [0.2, 0.25) is 0 Å². The second-order valence-corrected chi connectivity index (χ2v) is 8.62. The van der Waals surface area contributed by atoms with Crippen LogP contribution < -0.4 is 9.64 Å². The van der Waals surface area contributed by atoms with Gasteiger partial charge in [0.25, 0.3) is 11.7 Å². The summed E-state index contributed by atoms with van der Waals surface area (Å²) in [5.41, 5.74) is 3.16. The Morgan fingerprint density at radius 1 is 0.971 bits per heavy atom. The van der Waals surface area contributed by atoms with Gasteiger partial charge in [0.05, 0.1) is 11.6 Å². The van der Waals surface area contributed by atoms with Crippen LogP contribution >= 0.6 is 11.6 Å². The number of benzene rings is 3. The number of nitrogens with zero attached hydrogens (tertiary/aromatic N) is 1. The Morgan fingerprint density at radius 3 is 2.24 bits per heavy atom. The first-order chi connectivity index (χ1) is 16.2. The van der Waals surface area contributed by atoms with E-state index in [9.17, 15) is 19.5 Å². The molecule has 3 aromatic carbocycles.